The molecule has 3 rings (SSSR count). The number of halogens is 2. The molecule has 128 valence electrons. The van der Waals surface area contributed by atoms with Crippen molar-refractivity contribution >= 4 is 11.6 Å². The van der Waals surface area contributed by atoms with Crippen molar-refractivity contribution < 1.29 is 13.6 Å². The van der Waals surface area contributed by atoms with E-state index in [9.17, 15) is 13.6 Å². The number of likely N-dealkylation sites (tertiary alicyclic amines) is 1. The highest BCUT2D eigenvalue weighted by Gasteiger charge is 2.14. The molecule has 0 saturated carbocycles. The SMILES string of the molecule is O=C(Nc1ccc(CN2CCCCC2)cc1)c1ccn(C(F)F)n1. The number of carbonyl (C=O) groups is 1. The fourth-order valence-corrected chi connectivity index (χ4v) is 2.83. The molecule has 24 heavy (non-hydrogen) atoms. The Labute approximate surface area is 139 Å². The number of anilines is 1. The predicted molar refractivity (Wildman–Crippen MR) is 87.0 cm³/mol. The highest BCUT2D eigenvalue weighted by atomic mass is 19.3. The van der Waals surface area contributed by atoms with Crippen molar-refractivity contribution in [3.8, 4) is 0 Å². The van der Waals surface area contributed by atoms with Crippen LogP contribution in [0.3, 0.4) is 0 Å². The lowest BCUT2D eigenvalue weighted by Gasteiger charge is -2.26. The zero-order chi connectivity index (χ0) is 16.9. The number of nitrogens with one attached hydrogen (secondary N) is 1. The van der Waals surface area contributed by atoms with E-state index < -0.39 is 12.5 Å². The summed E-state index contributed by atoms with van der Waals surface area (Å²) in [5.41, 5.74) is 1.78. The standard InChI is InChI=1S/C17H20F2N4O/c18-17(19)23-11-8-15(21-23)16(24)20-14-6-4-13(5-7-14)12-22-9-2-1-3-10-22/h4-8,11,17H,1-3,9-10,12H2,(H,20,24). The number of hydrogen-bond donors (Lipinski definition) is 1. The van der Waals surface area contributed by atoms with Crippen LogP contribution in [-0.4, -0.2) is 33.7 Å². The highest BCUT2D eigenvalue weighted by molar-refractivity contribution is 6.02. The number of alkyl halides is 2. The third-order valence-corrected chi connectivity index (χ3v) is 4.11. The van der Waals surface area contributed by atoms with Crippen molar-refractivity contribution in [3.63, 3.8) is 0 Å². The summed E-state index contributed by atoms with van der Waals surface area (Å²) in [6, 6.07) is 8.86. The second-order valence-corrected chi connectivity index (χ2v) is 5.95. The van der Waals surface area contributed by atoms with E-state index in [4.69, 9.17) is 0 Å². The monoisotopic (exact) mass is 334 g/mol. The third kappa shape index (κ3) is 4.17. The van der Waals surface area contributed by atoms with E-state index in [2.05, 4.69) is 15.3 Å². The first-order valence-electron chi connectivity index (χ1n) is 8.08. The highest BCUT2D eigenvalue weighted by Crippen LogP contribution is 2.16. The number of benzene rings is 1. The third-order valence-electron chi connectivity index (χ3n) is 4.11. The van der Waals surface area contributed by atoms with Gasteiger partial charge in [0.2, 0.25) is 0 Å². The van der Waals surface area contributed by atoms with Crippen molar-refractivity contribution in [1.29, 1.82) is 0 Å². The average Bonchev–Trinajstić information content (AvgIpc) is 3.08. The van der Waals surface area contributed by atoms with Gasteiger partial charge in [0.15, 0.2) is 5.69 Å². The molecular weight excluding hydrogens is 314 g/mol. The quantitative estimate of drug-likeness (QED) is 0.910. The Hall–Kier alpha value is -2.28. The average molecular weight is 334 g/mol. The number of rotatable bonds is 5. The van der Waals surface area contributed by atoms with Crippen LogP contribution in [0.4, 0.5) is 14.5 Å². The topological polar surface area (TPSA) is 50.2 Å². The number of hydrogen-bond acceptors (Lipinski definition) is 3. The molecule has 0 radical (unpaired) electrons. The van der Waals surface area contributed by atoms with Crippen LogP contribution in [0, 0.1) is 0 Å². The van der Waals surface area contributed by atoms with Crippen LogP contribution in [-0.2, 0) is 6.54 Å². The molecule has 1 aliphatic heterocycles. The van der Waals surface area contributed by atoms with Gasteiger partial charge in [-0.1, -0.05) is 18.6 Å². The molecule has 1 aromatic carbocycles. The van der Waals surface area contributed by atoms with E-state index in [0.717, 1.165) is 25.8 Å². The molecule has 1 N–H and O–H groups in total. The van der Waals surface area contributed by atoms with Crippen LogP contribution < -0.4 is 5.32 Å². The van der Waals surface area contributed by atoms with Crippen molar-refractivity contribution in [1.82, 2.24) is 14.7 Å². The van der Waals surface area contributed by atoms with Gasteiger partial charge in [-0.05, 0) is 49.7 Å². The Morgan fingerprint density at radius 2 is 1.83 bits per heavy atom. The summed E-state index contributed by atoms with van der Waals surface area (Å²) in [5, 5.41) is 6.22. The van der Waals surface area contributed by atoms with Crippen LogP contribution in [0.15, 0.2) is 36.5 Å². The van der Waals surface area contributed by atoms with Gasteiger partial charge in [0.25, 0.3) is 5.91 Å². The van der Waals surface area contributed by atoms with E-state index in [1.165, 1.54) is 30.9 Å². The van der Waals surface area contributed by atoms with Gasteiger partial charge in [-0.3, -0.25) is 9.69 Å². The Balaban J connectivity index is 1.57. The van der Waals surface area contributed by atoms with Crippen molar-refractivity contribution in [2.45, 2.75) is 32.4 Å². The Morgan fingerprint density at radius 3 is 2.46 bits per heavy atom. The summed E-state index contributed by atoms with van der Waals surface area (Å²) in [7, 11) is 0. The lowest BCUT2D eigenvalue weighted by molar-refractivity contribution is 0.0561. The molecule has 2 heterocycles. The van der Waals surface area contributed by atoms with E-state index in [1.54, 1.807) is 0 Å². The first-order chi connectivity index (χ1) is 11.6. The molecule has 1 amide bonds. The summed E-state index contributed by atoms with van der Waals surface area (Å²) in [5.74, 6) is -0.502. The predicted octanol–water partition coefficient (Wildman–Crippen LogP) is 3.52. The second-order valence-electron chi connectivity index (χ2n) is 5.95. The number of amides is 1. The second kappa shape index (κ2) is 7.53. The summed E-state index contributed by atoms with van der Waals surface area (Å²) in [4.78, 5) is 14.4. The summed E-state index contributed by atoms with van der Waals surface area (Å²) >= 11 is 0. The number of nitrogens with zero attached hydrogens (tertiary/aromatic N) is 3. The molecular formula is C17H20F2N4O. The molecule has 5 nitrogen and oxygen atoms in total. The van der Waals surface area contributed by atoms with E-state index >= 15 is 0 Å². The molecule has 0 bridgehead atoms. The van der Waals surface area contributed by atoms with Gasteiger partial charge >= 0.3 is 6.55 Å². The fourth-order valence-electron chi connectivity index (χ4n) is 2.83. The van der Waals surface area contributed by atoms with Crippen molar-refractivity contribution in [3.05, 3.63) is 47.8 Å². The van der Waals surface area contributed by atoms with Crippen LogP contribution in [0.25, 0.3) is 0 Å². The maximum atomic E-state index is 12.5. The molecule has 1 fully saturated rings. The van der Waals surface area contributed by atoms with Gasteiger partial charge in [-0.2, -0.15) is 13.9 Å². The molecule has 0 unspecified atom stereocenters. The van der Waals surface area contributed by atoms with Crippen LogP contribution >= 0.6 is 0 Å². The number of piperidine rings is 1. The number of carbonyl (C=O) groups excluding carboxylic acids is 1. The molecule has 0 aliphatic carbocycles. The minimum absolute atomic E-state index is 0.0345. The first-order valence-corrected chi connectivity index (χ1v) is 8.08. The van der Waals surface area contributed by atoms with Gasteiger partial charge in [-0.25, -0.2) is 4.68 Å². The molecule has 2 aromatic rings. The molecule has 7 heteroatoms. The van der Waals surface area contributed by atoms with Crippen LogP contribution in [0.2, 0.25) is 0 Å². The zero-order valence-electron chi connectivity index (χ0n) is 13.3. The normalized spacial score (nSPS) is 15.6. The van der Waals surface area contributed by atoms with Gasteiger partial charge in [0.05, 0.1) is 0 Å². The van der Waals surface area contributed by atoms with Crippen molar-refractivity contribution in [2.24, 2.45) is 0 Å². The van der Waals surface area contributed by atoms with Gasteiger partial charge in [0.1, 0.15) is 0 Å². The maximum absolute atomic E-state index is 12.5. The van der Waals surface area contributed by atoms with Gasteiger partial charge in [-0.15, -0.1) is 0 Å². The lowest BCUT2D eigenvalue weighted by atomic mass is 10.1. The van der Waals surface area contributed by atoms with E-state index in [1.807, 2.05) is 24.3 Å². The van der Waals surface area contributed by atoms with Crippen LogP contribution in [0.5, 0.6) is 0 Å². The Kier molecular flexibility index (Phi) is 5.20. The zero-order valence-corrected chi connectivity index (χ0v) is 13.3. The van der Waals surface area contributed by atoms with Gasteiger partial charge < -0.3 is 5.32 Å². The molecule has 0 spiro atoms. The fraction of sp³-hybridized carbons (Fsp3) is 0.412. The Bertz CT molecular complexity index is 678. The van der Waals surface area contributed by atoms with Crippen molar-refractivity contribution in [2.75, 3.05) is 18.4 Å². The summed E-state index contributed by atoms with van der Waals surface area (Å²) < 4.78 is 25.4. The molecule has 1 saturated heterocycles. The smallest absolute Gasteiger partial charge is 0.321 e. The summed E-state index contributed by atoms with van der Waals surface area (Å²) in [6.07, 6.45) is 4.89. The molecule has 1 aliphatic rings. The van der Waals surface area contributed by atoms with E-state index in [0.29, 0.717) is 10.4 Å². The minimum atomic E-state index is -2.75. The maximum Gasteiger partial charge on any atom is 0.333 e. The van der Waals surface area contributed by atoms with Gasteiger partial charge in [0, 0.05) is 18.4 Å². The molecule has 0 atom stereocenters. The minimum Gasteiger partial charge on any atom is -0.321 e. The van der Waals surface area contributed by atoms with E-state index in [-0.39, 0.29) is 5.69 Å². The largest absolute Gasteiger partial charge is 0.333 e. The Morgan fingerprint density at radius 1 is 1.12 bits per heavy atom. The number of aromatic nitrogens is 2. The first kappa shape index (κ1) is 16.6. The molecule has 1 aromatic heterocycles. The lowest BCUT2D eigenvalue weighted by Crippen LogP contribution is -2.29. The summed E-state index contributed by atoms with van der Waals surface area (Å²) in [6.45, 7) is 0.421. The van der Waals surface area contributed by atoms with Crippen LogP contribution in [0.1, 0.15) is 41.9 Å².